The van der Waals surface area contributed by atoms with Crippen LogP contribution in [-0.4, -0.2) is 55.1 Å². The van der Waals surface area contributed by atoms with Crippen molar-refractivity contribution in [1.29, 1.82) is 5.26 Å². The van der Waals surface area contributed by atoms with E-state index in [9.17, 15) is 14.8 Å². The number of fused-ring (bicyclic) bond motifs is 1. The lowest BCUT2D eigenvalue weighted by molar-refractivity contribution is 0.0992. The molecule has 35 heavy (non-hydrogen) atoms. The van der Waals surface area contributed by atoms with E-state index in [0.29, 0.717) is 28.6 Å². The molecule has 0 unspecified atom stereocenters. The second-order valence-corrected chi connectivity index (χ2v) is 10.1. The highest BCUT2D eigenvalue weighted by Crippen LogP contribution is 2.38. The number of hydrogen-bond acceptors (Lipinski definition) is 6. The molecule has 0 amide bonds. The van der Waals surface area contributed by atoms with E-state index in [4.69, 9.17) is 5.10 Å². The van der Waals surface area contributed by atoms with E-state index < -0.39 is 0 Å². The van der Waals surface area contributed by atoms with Crippen molar-refractivity contribution in [3.05, 3.63) is 66.0 Å². The summed E-state index contributed by atoms with van der Waals surface area (Å²) in [6.07, 6.45) is 6.97. The number of benzene rings is 1. The van der Waals surface area contributed by atoms with Crippen LogP contribution in [0.15, 0.2) is 58.7 Å². The fraction of sp³-hybridized carbons (Fsp3) is 0.346. The molecule has 1 aromatic carbocycles. The zero-order valence-corrected chi connectivity index (χ0v) is 20.5. The smallest absolute Gasteiger partial charge is 0.137 e. The van der Waals surface area contributed by atoms with Gasteiger partial charge in [0.2, 0.25) is 0 Å². The maximum atomic E-state index is 14.4. The van der Waals surface area contributed by atoms with Gasteiger partial charge in [-0.3, -0.25) is 4.68 Å². The molecule has 3 aromatic heterocycles. The second kappa shape index (κ2) is 9.82. The van der Waals surface area contributed by atoms with E-state index in [1.54, 1.807) is 28.9 Å². The standard InChI is InChI=1S/C26H27FN6OS/c1-17(34)15-31-9-7-21(8-10-31)33-18(2)22(14-30-33)19-11-25(35-24-6-4-3-5-23(24)27)26-20(12-28)13-29-32(26)16-19/h3-6,11,13-14,16-17,21,34H,7-10,15H2,1-2H3/t17-/m1/s1. The highest BCUT2D eigenvalue weighted by atomic mass is 32.2. The Morgan fingerprint density at radius 2 is 1.97 bits per heavy atom. The number of hydrogen-bond donors (Lipinski definition) is 1. The van der Waals surface area contributed by atoms with Crippen molar-refractivity contribution in [3.63, 3.8) is 0 Å². The van der Waals surface area contributed by atoms with Gasteiger partial charge in [0.05, 0.1) is 35.6 Å². The summed E-state index contributed by atoms with van der Waals surface area (Å²) in [5.74, 6) is -0.301. The molecule has 1 aliphatic rings. The van der Waals surface area contributed by atoms with Gasteiger partial charge in [0.15, 0.2) is 0 Å². The molecule has 0 radical (unpaired) electrons. The molecule has 7 nitrogen and oxygen atoms in total. The first-order chi connectivity index (χ1) is 16.9. The number of rotatable bonds is 6. The molecule has 0 bridgehead atoms. The Morgan fingerprint density at radius 1 is 1.20 bits per heavy atom. The van der Waals surface area contributed by atoms with Crippen molar-refractivity contribution >= 4 is 17.3 Å². The van der Waals surface area contributed by atoms with Crippen LogP contribution in [0.4, 0.5) is 4.39 Å². The Morgan fingerprint density at radius 3 is 2.69 bits per heavy atom. The maximum absolute atomic E-state index is 14.4. The summed E-state index contributed by atoms with van der Waals surface area (Å²) in [5, 5.41) is 28.4. The molecular weight excluding hydrogens is 463 g/mol. The van der Waals surface area contributed by atoms with E-state index in [-0.39, 0.29) is 11.9 Å². The number of nitrogens with zero attached hydrogens (tertiary/aromatic N) is 6. The van der Waals surface area contributed by atoms with Crippen LogP contribution < -0.4 is 0 Å². The zero-order valence-electron chi connectivity index (χ0n) is 19.7. The Balaban J connectivity index is 1.49. The van der Waals surface area contributed by atoms with Crippen LogP contribution >= 0.6 is 11.8 Å². The predicted molar refractivity (Wildman–Crippen MR) is 133 cm³/mol. The minimum atomic E-state index is -0.320. The highest BCUT2D eigenvalue weighted by Gasteiger charge is 2.24. The SMILES string of the molecule is Cc1c(-c2cc(Sc3ccccc3F)c3c(C#N)cnn3c2)cnn1C1CCN(C[C@@H](C)O)CC1. The number of piperidine rings is 1. The zero-order chi connectivity index (χ0) is 24.5. The summed E-state index contributed by atoms with van der Waals surface area (Å²) in [4.78, 5) is 3.55. The molecule has 1 atom stereocenters. The summed E-state index contributed by atoms with van der Waals surface area (Å²) in [6.45, 7) is 6.47. The number of pyridine rings is 1. The molecule has 180 valence electrons. The third kappa shape index (κ3) is 4.69. The number of nitriles is 1. The fourth-order valence-corrected chi connectivity index (χ4v) is 5.87. The van der Waals surface area contributed by atoms with Gasteiger partial charge in [0.25, 0.3) is 0 Å². The fourth-order valence-electron chi connectivity index (χ4n) is 4.83. The third-order valence-electron chi connectivity index (χ3n) is 6.53. The van der Waals surface area contributed by atoms with Gasteiger partial charge in [-0.2, -0.15) is 15.5 Å². The van der Waals surface area contributed by atoms with Crippen molar-refractivity contribution in [2.24, 2.45) is 0 Å². The van der Waals surface area contributed by atoms with Gasteiger partial charge in [-0.05, 0) is 44.9 Å². The van der Waals surface area contributed by atoms with Crippen LogP contribution in [0.25, 0.3) is 16.6 Å². The molecule has 1 fully saturated rings. The number of aliphatic hydroxyl groups excluding tert-OH is 1. The van der Waals surface area contributed by atoms with Crippen molar-refractivity contribution in [2.75, 3.05) is 19.6 Å². The monoisotopic (exact) mass is 490 g/mol. The van der Waals surface area contributed by atoms with Crippen molar-refractivity contribution < 1.29 is 9.50 Å². The van der Waals surface area contributed by atoms with Crippen LogP contribution in [0.3, 0.4) is 0 Å². The van der Waals surface area contributed by atoms with Crippen LogP contribution in [0.2, 0.25) is 0 Å². The van der Waals surface area contributed by atoms with E-state index in [2.05, 4.69) is 27.7 Å². The Labute approximate surface area is 207 Å². The van der Waals surface area contributed by atoms with Crippen molar-refractivity contribution in [3.8, 4) is 17.2 Å². The normalized spacial score (nSPS) is 16.0. The average molecular weight is 491 g/mol. The molecule has 1 N–H and O–H groups in total. The van der Waals surface area contributed by atoms with Gasteiger partial charge in [-0.1, -0.05) is 23.9 Å². The molecule has 0 spiro atoms. The van der Waals surface area contributed by atoms with Gasteiger partial charge in [0, 0.05) is 52.4 Å². The highest BCUT2D eigenvalue weighted by molar-refractivity contribution is 7.99. The lowest BCUT2D eigenvalue weighted by atomic mass is 10.0. The Hall–Kier alpha value is -3.19. The lowest BCUT2D eigenvalue weighted by Gasteiger charge is -2.33. The Bertz CT molecular complexity index is 1400. The summed E-state index contributed by atoms with van der Waals surface area (Å²) in [5.41, 5.74) is 4.08. The molecule has 1 aliphatic heterocycles. The van der Waals surface area contributed by atoms with Gasteiger partial charge in [0.1, 0.15) is 11.9 Å². The molecule has 1 saturated heterocycles. The van der Waals surface area contributed by atoms with E-state index in [1.807, 2.05) is 25.4 Å². The number of aromatic nitrogens is 4. The molecule has 4 heterocycles. The van der Waals surface area contributed by atoms with Gasteiger partial charge in [-0.15, -0.1) is 0 Å². The number of likely N-dealkylation sites (tertiary alicyclic amines) is 1. The first-order valence-electron chi connectivity index (χ1n) is 11.7. The molecule has 9 heteroatoms. The summed E-state index contributed by atoms with van der Waals surface area (Å²) >= 11 is 1.29. The second-order valence-electron chi connectivity index (χ2n) is 9.06. The van der Waals surface area contributed by atoms with E-state index in [0.717, 1.165) is 47.6 Å². The van der Waals surface area contributed by atoms with Gasteiger partial charge in [-0.25, -0.2) is 8.91 Å². The number of β-amino-alcohol motifs (C(OH)–C–C–N with tert-alkyl or cyclic N) is 1. The van der Waals surface area contributed by atoms with E-state index >= 15 is 0 Å². The third-order valence-corrected chi connectivity index (χ3v) is 7.62. The van der Waals surface area contributed by atoms with Crippen LogP contribution in [0, 0.1) is 24.1 Å². The average Bonchev–Trinajstić information content (AvgIpc) is 3.44. The first kappa shape index (κ1) is 23.5. The first-order valence-corrected chi connectivity index (χ1v) is 12.5. The topological polar surface area (TPSA) is 82.4 Å². The number of halogens is 1. The minimum Gasteiger partial charge on any atom is -0.392 e. The molecule has 5 rings (SSSR count). The summed E-state index contributed by atoms with van der Waals surface area (Å²) in [7, 11) is 0. The maximum Gasteiger partial charge on any atom is 0.137 e. The van der Waals surface area contributed by atoms with E-state index in [1.165, 1.54) is 17.8 Å². The quantitative estimate of drug-likeness (QED) is 0.422. The summed E-state index contributed by atoms with van der Waals surface area (Å²) < 4.78 is 18.2. The van der Waals surface area contributed by atoms with Gasteiger partial charge < -0.3 is 10.0 Å². The molecular formula is C26H27FN6OS. The van der Waals surface area contributed by atoms with Crippen LogP contribution in [-0.2, 0) is 0 Å². The molecule has 0 saturated carbocycles. The largest absolute Gasteiger partial charge is 0.392 e. The van der Waals surface area contributed by atoms with Crippen molar-refractivity contribution in [2.45, 2.75) is 48.6 Å². The van der Waals surface area contributed by atoms with Crippen LogP contribution in [0.5, 0.6) is 0 Å². The predicted octanol–water partition coefficient (Wildman–Crippen LogP) is 4.69. The van der Waals surface area contributed by atoms with Crippen LogP contribution in [0.1, 0.15) is 37.1 Å². The number of aliphatic hydroxyl groups is 1. The molecule has 4 aromatic rings. The molecule has 0 aliphatic carbocycles. The van der Waals surface area contributed by atoms with Crippen molar-refractivity contribution in [1.82, 2.24) is 24.3 Å². The summed E-state index contributed by atoms with van der Waals surface area (Å²) in [6, 6.07) is 11.1. The lowest BCUT2D eigenvalue weighted by Crippen LogP contribution is -2.39. The Kier molecular flexibility index (Phi) is 6.60. The minimum absolute atomic E-state index is 0.301. The van der Waals surface area contributed by atoms with Gasteiger partial charge >= 0.3 is 0 Å².